The van der Waals surface area contributed by atoms with Crippen molar-refractivity contribution in [3.8, 4) is 0 Å². The van der Waals surface area contributed by atoms with E-state index in [9.17, 15) is 9.90 Å². The van der Waals surface area contributed by atoms with Gasteiger partial charge >= 0.3 is 0 Å². The molecular weight excluding hydrogens is 250 g/mol. The highest BCUT2D eigenvalue weighted by molar-refractivity contribution is 7.15. The summed E-state index contributed by atoms with van der Waals surface area (Å²) in [6.07, 6.45) is -0.918. The summed E-state index contributed by atoms with van der Waals surface area (Å²) in [6, 6.07) is 0. The maximum atomic E-state index is 12.0. The molecule has 1 aromatic heterocycles. The van der Waals surface area contributed by atoms with Crippen LogP contribution < -0.4 is 4.90 Å². The van der Waals surface area contributed by atoms with Crippen LogP contribution in [0.5, 0.6) is 0 Å². The molecule has 1 aromatic rings. The Morgan fingerprint density at radius 2 is 1.89 bits per heavy atom. The first-order valence-corrected chi connectivity index (χ1v) is 6.58. The molecule has 6 heteroatoms. The number of hydrogen-bond acceptors (Lipinski definition) is 5. The molecule has 98 valence electrons. The zero-order valence-corrected chi connectivity index (χ0v) is 12.0. The van der Waals surface area contributed by atoms with Crippen LogP contribution in [0.25, 0.3) is 0 Å². The lowest BCUT2D eigenvalue weighted by Gasteiger charge is -2.18. The van der Waals surface area contributed by atoms with Crippen molar-refractivity contribution >= 4 is 22.4 Å². The number of aliphatic hydroxyl groups is 1. The van der Waals surface area contributed by atoms with Crippen molar-refractivity contribution in [3.63, 3.8) is 0 Å². The predicted octanol–water partition coefficient (Wildman–Crippen LogP) is 1.84. The number of rotatable bonds is 1. The lowest BCUT2D eigenvalue weighted by molar-refractivity contribution is -0.115. The van der Waals surface area contributed by atoms with Crippen LogP contribution in [0.3, 0.4) is 0 Å². The van der Waals surface area contributed by atoms with Crippen LogP contribution in [-0.4, -0.2) is 27.4 Å². The summed E-state index contributed by atoms with van der Waals surface area (Å²) in [7, 11) is 0. The summed E-state index contributed by atoms with van der Waals surface area (Å²) in [4.78, 5) is 13.3. The van der Waals surface area contributed by atoms with Gasteiger partial charge in [0.2, 0.25) is 5.13 Å². The molecule has 0 aliphatic carbocycles. The van der Waals surface area contributed by atoms with Crippen molar-refractivity contribution in [2.24, 2.45) is 0 Å². The highest BCUT2D eigenvalue weighted by Gasteiger charge is 2.37. The van der Waals surface area contributed by atoms with Crippen LogP contribution >= 0.6 is 11.3 Å². The average molecular weight is 267 g/mol. The molecule has 18 heavy (non-hydrogen) atoms. The smallest absolute Gasteiger partial charge is 0.258 e. The molecule has 1 amide bonds. The average Bonchev–Trinajstić information content (AvgIpc) is 2.81. The van der Waals surface area contributed by atoms with Gasteiger partial charge in [-0.25, -0.2) is 0 Å². The van der Waals surface area contributed by atoms with E-state index >= 15 is 0 Å². The van der Waals surface area contributed by atoms with Gasteiger partial charge in [-0.05, 0) is 19.4 Å². The molecule has 0 radical (unpaired) electrons. The van der Waals surface area contributed by atoms with Gasteiger partial charge in [-0.1, -0.05) is 32.1 Å². The Kier molecular flexibility index (Phi) is 3.03. The third kappa shape index (κ3) is 1.95. The molecule has 1 aliphatic heterocycles. The van der Waals surface area contributed by atoms with Gasteiger partial charge in [-0.15, -0.1) is 10.2 Å². The Hall–Kier alpha value is -1.27. The second-order valence-electron chi connectivity index (χ2n) is 5.50. The second-order valence-corrected chi connectivity index (χ2v) is 6.45. The molecule has 2 heterocycles. The van der Waals surface area contributed by atoms with E-state index in [2.05, 4.69) is 10.2 Å². The van der Waals surface area contributed by atoms with Gasteiger partial charge in [-0.2, -0.15) is 0 Å². The van der Waals surface area contributed by atoms with Crippen molar-refractivity contribution in [1.29, 1.82) is 0 Å². The van der Waals surface area contributed by atoms with Gasteiger partial charge in [0.05, 0.1) is 0 Å². The molecule has 0 saturated heterocycles. The number of aromatic nitrogens is 2. The Morgan fingerprint density at radius 1 is 1.28 bits per heavy atom. The fraction of sp³-hybridized carbons (Fsp3) is 0.583. The van der Waals surface area contributed by atoms with Gasteiger partial charge in [0, 0.05) is 11.0 Å². The quantitative estimate of drug-likeness (QED) is 0.843. The van der Waals surface area contributed by atoms with Crippen molar-refractivity contribution in [2.75, 3.05) is 4.90 Å². The standard InChI is InChI=1S/C12H17N3O2S/c1-6-7(2)9(17)15(8(6)16)11-14-13-10(18-11)12(3,4)5/h8,16H,1-5H3. The first-order valence-electron chi connectivity index (χ1n) is 5.76. The van der Waals surface area contributed by atoms with Crippen molar-refractivity contribution in [1.82, 2.24) is 10.2 Å². The fourth-order valence-corrected chi connectivity index (χ4v) is 2.58. The van der Waals surface area contributed by atoms with Crippen LogP contribution in [0.4, 0.5) is 5.13 Å². The van der Waals surface area contributed by atoms with Gasteiger partial charge in [-0.3, -0.25) is 9.69 Å². The summed E-state index contributed by atoms with van der Waals surface area (Å²) in [6.45, 7) is 9.58. The van der Waals surface area contributed by atoms with Crippen LogP contribution in [0.1, 0.15) is 39.6 Å². The highest BCUT2D eigenvalue weighted by Crippen LogP contribution is 2.34. The number of nitrogens with zero attached hydrogens (tertiary/aromatic N) is 3. The molecule has 5 nitrogen and oxygen atoms in total. The van der Waals surface area contributed by atoms with E-state index in [1.807, 2.05) is 20.8 Å². The second kappa shape index (κ2) is 4.13. The lowest BCUT2D eigenvalue weighted by Crippen LogP contribution is -2.35. The van der Waals surface area contributed by atoms with Gasteiger partial charge in [0.1, 0.15) is 5.01 Å². The number of carbonyl (C=O) groups is 1. The summed E-state index contributed by atoms with van der Waals surface area (Å²) < 4.78 is 0. The maximum absolute atomic E-state index is 12.0. The number of anilines is 1. The first kappa shape index (κ1) is 13.2. The zero-order valence-electron chi connectivity index (χ0n) is 11.2. The normalized spacial score (nSPS) is 21.1. The molecule has 1 N–H and O–H groups in total. The third-order valence-corrected chi connectivity index (χ3v) is 4.37. The van der Waals surface area contributed by atoms with Crippen molar-refractivity contribution in [3.05, 3.63) is 16.2 Å². The van der Waals surface area contributed by atoms with E-state index in [0.717, 1.165) is 5.01 Å². The zero-order chi connectivity index (χ0) is 13.7. The fourth-order valence-electron chi connectivity index (χ4n) is 1.66. The monoisotopic (exact) mass is 267 g/mol. The van der Waals surface area contributed by atoms with E-state index in [0.29, 0.717) is 16.3 Å². The molecule has 1 aliphatic rings. The molecule has 2 rings (SSSR count). The van der Waals surface area contributed by atoms with Gasteiger partial charge in [0.25, 0.3) is 5.91 Å². The highest BCUT2D eigenvalue weighted by atomic mass is 32.1. The minimum absolute atomic E-state index is 0.110. The third-order valence-electron chi connectivity index (χ3n) is 3.02. The molecule has 1 atom stereocenters. The summed E-state index contributed by atoms with van der Waals surface area (Å²) in [5, 5.41) is 19.5. The Morgan fingerprint density at radius 3 is 2.28 bits per heavy atom. The van der Waals surface area contributed by atoms with E-state index in [1.54, 1.807) is 13.8 Å². The molecule has 0 fully saturated rings. The van der Waals surface area contributed by atoms with Crippen LogP contribution in [0.15, 0.2) is 11.1 Å². The topological polar surface area (TPSA) is 66.3 Å². The molecule has 0 saturated carbocycles. The predicted molar refractivity (Wildman–Crippen MR) is 70.5 cm³/mol. The van der Waals surface area contributed by atoms with Gasteiger partial charge < -0.3 is 5.11 Å². The van der Waals surface area contributed by atoms with Crippen LogP contribution in [0, 0.1) is 0 Å². The molecule has 0 spiro atoms. The minimum Gasteiger partial charge on any atom is -0.369 e. The first-order chi connectivity index (χ1) is 8.23. The van der Waals surface area contributed by atoms with Crippen molar-refractivity contribution in [2.45, 2.75) is 46.3 Å². The number of carbonyl (C=O) groups excluding carboxylic acids is 1. The van der Waals surface area contributed by atoms with Crippen LogP contribution in [-0.2, 0) is 10.2 Å². The largest absolute Gasteiger partial charge is 0.369 e. The molecule has 0 aromatic carbocycles. The maximum Gasteiger partial charge on any atom is 0.258 e. The number of amides is 1. The van der Waals surface area contributed by atoms with Gasteiger partial charge in [0.15, 0.2) is 6.23 Å². The minimum atomic E-state index is -0.918. The SMILES string of the molecule is CC1=C(C)C(O)N(c2nnc(C(C)(C)C)s2)C1=O. The molecule has 1 unspecified atom stereocenters. The van der Waals surface area contributed by atoms with E-state index < -0.39 is 6.23 Å². The molecular formula is C12H17N3O2S. The van der Waals surface area contributed by atoms with Crippen LogP contribution in [0.2, 0.25) is 0 Å². The van der Waals surface area contributed by atoms with E-state index in [4.69, 9.17) is 0 Å². The lowest BCUT2D eigenvalue weighted by atomic mass is 9.98. The Balaban J connectivity index is 2.35. The van der Waals surface area contributed by atoms with Crippen molar-refractivity contribution < 1.29 is 9.90 Å². The Bertz CT molecular complexity index is 528. The summed E-state index contributed by atoms with van der Waals surface area (Å²) >= 11 is 1.34. The van der Waals surface area contributed by atoms with E-state index in [-0.39, 0.29) is 11.3 Å². The molecule has 0 bridgehead atoms. The van der Waals surface area contributed by atoms with E-state index in [1.165, 1.54) is 16.2 Å². The summed E-state index contributed by atoms with van der Waals surface area (Å²) in [5.41, 5.74) is 1.14. The summed E-state index contributed by atoms with van der Waals surface area (Å²) in [5.74, 6) is -0.198. The Labute approximate surface area is 110 Å². The number of hydrogen-bond donors (Lipinski definition) is 1. The number of aliphatic hydroxyl groups excluding tert-OH is 1.